The lowest BCUT2D eigenvalue weighted by atomic mass is 9.92. The zero-order valence-corrected chi connectivity index (χ0v) is 12.9. The third-order valence-electron chi connectivity index (χ3n) is 3.70. The maximum atomic E-state index is 5.33. The highest BCUT2D eigenvalue weighted by Crippen LogP contribution is 2.24. The summed E-state index contributed by atoms with van der Waals surface area (Å²) in [6.45, 7) is 8.85. The van der Waals surface area contributed by atoms with Crippen LogP contribution in [0.3, 0.4) is 0 Å². The van der Waals surface area contributed by atoms with Crippen molar-refractivity contribution in [1.82, 2.24) is 14.6 Å². The Bertz CT molecular complexity index is 666. The van der Waals surface area contributed by atoms with Gasteiger partial charge in [0.15, 0.2) is 5.82 Å². The van der Waals surface area contributed by atoms with Crippen molar-refractivity contribution in [2.75, 3.05) is 25.1 Å². The lowest BCUT2D eigenvalue weighted by Gasteiger charge is -2.14. The molecule has 0 saturated carbocycles. The zero-order valence-electron chi connectivity index (χ0n) is 12.9. The quantitative estimate of drug-likeness (QED) is 0.882. The van der Waals surface area contributed by atoms with Crippen LogP contribution in [0.4, 0.5) is 5.82 Å². The second kappa shape index (κ2) is 5.48. The third-order valence-corrected chi connectivity index (χ3v) is 3.70. The largest absolute Gasteiger partial charge is 0.377 e. The summed E-state index contributed by atoms with van der Waals surface area (Å²) in [5.41, 5.74) is 3.51. The molecule has 0 radical (unpaired) electrons. The molecule has 0 amide bonds. The zero-order chi connectivity index (χ0) is 14.9. The van der Waals surface area contributed by atoms with E-state index < -0.39 is 0 Å². The van der Waals surface area contributed by atoms with Crippen LogP contribution in [0, 0.1) is 0 Å². The van der Waals surface area contributed by atoms with Crippen LogP contribution in [-0.4, -0.2) is 34.4 Å². The second-order valence-corrected chi connectivity index (χ2v) is 6.43. The van der Waals surface area contributed by atoms with E-state index in [1.807, 2.05) is 10.7 Å². The van der Waals surface area contributed by atoms with Gasteiger partial charge < -0.3 is 10.1 Å². The van der Waals surface area contributed by atoms with Crippen LogP contribution in [0.2, 0.25) is 0 Å². The Hall–Kier alpha value is -1.88. The molecule has 0 spiro atoms. The minimum absolute atomic E-state index is 0.0343. The van der Waals surface area contributed by atoms with Gasteiger partial charge in [0.1, 0.15) is 5.52 Å². The summed E-state index contributed by atoms with van der Waals surface area (Å²) in [5, 5.41) is 8.07. The highest BCUT2D eigenvalue weighted by Gasteiger charge is 2.19. The monoisotopic (exact) mass is 286 g/mol. The standard InChI is InChI=1S/C16H22N4O/c1-16(2,3)14-10-13-15(17-6-7-20(13)19-14)18-11-12-4-8-21-9-5-12/h4,6-7,10H,5,8-9,11H2,1-3H3,(H,17,18). The van der Waals surface area contributed by atoms with Gasteiger partial charge in [-0.1, -0.05) is 32.4 Å². The van der Waals surface area contributed by atoms with Gasteiger partial charge in [-0.25, -0.2) is 9.50 Å². The average Bonchev–Trinajstić information content (AvgIpc) is 2.91. The third kappa shape index (κ3) is 3.08. The van der Waals surface area contributed by atoms with Crippen LogP contribution < -0.4 is 5.32 Å². The first-order valence-electron chi connectivity index (χ1n) is 7.38. The smallest absolute Gasteiger partial charge is 0.152 e. The highest BCUT2D eigenvalue weighted by molar-refractivity contribution is 5.68. The maximum Gasteiger partial charge on any atom is 0.152 e. The van der Waals surface area contributed by atoms with Gasteiger partial charge >= 0.3 is 0 Å². The number of nitrogens with one attached hydrogen (secondary N) is 1. The molecule has 2 aromatic rings. The van der Waals surface area contributed by atoms with E-state index in [4.69, 9.17) is 4.74 Å². The Kier molecular flexibility index (Phi) is 3.68. The first kappa shape index (κ1) is 14.1. The van der Waals surface area contributed by atoms with Gasteiger partial charge in [0.05, 0.1) is 18.9 Å². The van der Waals surface area contributed by atoms with E-state index in [0.717, 1.165) is 43.2 Å². The summed E-state index contributed by atoms with van der Waals surface area (Å²) >= 11 is 0. The minimum Gasteiger partial charge on any atom is -0.377 e. The fourth-order valence-corrected chi connectivity index (χ4v) is 2.35. The number of ether oxygens (including phenoxy) is 1. The van der Waals surface area contributed by atoms with Gasteiger partial charge in [0, 0.05) is 24.4 Å². The molecule has 0 atom stereocenters. The summed E-state index contributed by atoms with van der Waals surface area (Å²) in [5.74, 6) is 0.882. The molecular formula is C16H22N4O. The molecule has 3 rings (SSSR count). The molecular weight excluding hydrogens is 264 g/mol. The van der Waals surface area contributed by atoms with Gasteiger partial charge in [-0.3, -0.25) is 0 Å². The van der Waals surface area contributed by atoms with E-state index in [2.05, 4.69) is 48.3 Å². The van der Waals surface area contributed by atoms with Gasteiger partial charge in [-0.05, 0) is 12.5 Å². The fraction of sp³-hybridized carbons (Fsp3) is 0.500. The van der Waals surface area contributed by atoms with E-state index >= 15 is 0 Å². The summed E-state index contributed by atoms with van der Waals surface area (Å²) in [6.07, 6.45) is 6.81. The summed E-state index contributed by atoms with van der Waals surface area (Å²) in [4.78, 5) is 4.46. The topological polar surface area (TPSA) is 51.5 Å². The fourth-order valence-electron chi connectivity index (χ4n) is 2.35. The first-order valence-corrected chi connectivity index (χ1v) is 7.38. The molecule has 0 fully saturated rings. The van der Waals surface area contributed by atoms with Crippen LogP contribution in [-0.2, 0) is 10.2 Å². The molecule has 112 valence electrons. The molecule has 21 heavy (non-hydrogen) atoms. The van der Waals surface area contributed by atoms with Gasteiger partial charge in [-0.15, -0.1) is 0 Å². The van der Waals surface area contributed by atoms with Crippen molar-refractivity contribution in [3.8, 4) is 0 Å². The molecule has 2 aromatic heterocycles. The molecule has 0 saturated heterocycles. The Morgan fingerprint density at radius 2 is 2.24 bits per heavy atom. The molecule has 0 bridgehead atoms. The predicted molar refractivity (Wildman–Crippen MR) is 83.7 cm³/mol. The second-order valence-electron chi connectivity index (χ2n) is 6.43. The van der Waals surface area contributed by atoms with Crippen LogP contribution in [0.5, 0.6) is 0 Å². The number of aromatic nitrogens is 3. The van der Waals surface area contributed by atoms with Crippen molar-refractivity contribution in [3.63, 3.8) is 0 Å². The molecule has 1 aliphatic rings. The van der Waals surface area contributed by atoms with E-state index in [9.17, 15) is 0 Å². The molecule has 3 heterocycles. The molecule has 1 aliphatic heterocycles. The average molecular weight is 286 g/mol. The number of rotatable bonds is 3. The maximum absolute atomic E-state index is 5.33. The number of fused-ring (bicyclic) bond motifs is 1. The summed E-state index contributed by atoms with van der Waals surface area (Å²) < 4.78 is 7.23. The van der Waals surface area contributed by atoms with Crippen LogP contribution in [0.25, 0.3) is 5.52 Å². The SMILES string of the molecule is CC(C)(C)c1cc2c(NCC3=CCOCC3)nccn2n1. The number of hydrogen-bond acceptors (Lipinski definition) is 4. The van der Waals surface area contributed by atoms with Crippen LogP contribution in [0.15, 0.2) is 30.1 Å². The molecule has 5 nitrogen and oxygen atoms in total. The first-order chi connectivity index (χ1) is 10.0. The minimum atomic E-state index is 0.0343. The Balaban J connectivity index is 1.84. The Labute approximate surface area is 125 Å². The Morgan fingerprint density at radius 1 is 1.38 bits per heavy atom. The van der Waals surface area contributed by atoms with E-state index in [1.54, 1.807) is 6.20 Å². The van der Waals surface area contributed by atoms with Crippen LogP contribution in [0.1, 0.15) is 32.9 Å². The van der Waals surface area contributed by atoms with Crippen molar-refractivity contribution >= 4 is 11.3 Å². The number of hydrogen-bond donors (Lipinski definition) is 1. The molecule has 5 heteroatoms. The predicted octanol–water partition coefficient (Wildman–Crippen LogP) is 2.79. The number of anilines is 1. The van der Waals surface area contributed by atoms with E-state index in [-0.39, 0.29) is 5.41 Å². The lowest BCUT2D eigenvalue weighted by Crippen LogP contribution is -2.13. The molecule has 0 unspecified atom stereocenters. The van der Waals surface area contributed by atoms with Gasteiger partial charge in [-0.2, -0.15) is 5.10 Å². The molecule has 0 aromatic carbocycles. The summed E-state index contributed by atoms with van der Waals surface area (Å²) in [7, 11) is 0. The molecule has 0 aliphatic carbocycles. The van der Waals surface area contributed by atoms with Crippen LogP contribution >= 0.6 is 0 Å². The van der Waals surface area contributed by atoms with E-state index in [1.165, 1.54) is 5.57 Å². The van der Waals surface area contributed by atoms with Crippen molar-refractivity contribution in [1.29, 1.82) is 0 Å². The number of nitrogens with zero attached hydrogens (tertiary/aromatic N) is 3. The van der Waals surface area contributed by atoms with Crippen molar-refractivity contribution in [2.24, 2.45) is 0 Å². The molecule has 1 N–H and O–H groups in total. The lowest BCUT2D eigenvalue weighted by molar-refractivity contribution is 0.154. The van der Waals surface area contributed by atoms with E-state index in [0.29, 0.717) is 0 Å². The Morgan fingerprint density at radius 3 is 2.95 bits per heavy atom. The van der Waals surface area contributed by atoms with Crippen molar-refractivity contribution in [2.45, 2.75) is 32.6 Å². The normalized spacial score (nSPS) is 16.0. The van der Waals surface area contributed by atoms with Crippen molar-refractivity contribution in [3.05, 3.63) is 35.8 Å². The summed E-state index contributed by atoms with van der Waals surface area (Å²) in [6, 6.07) is 2.12. The van der Waals surface area contributed by atoms with Crippen molar-refractivity contribution < 1.29 is 4.74 Å². The van der Waals surface area contributed by atoms with Gasteiger partial charge in [0.2, 0.25) is 0 Å². The van der Waals surface area contributed by atoms with Gasteiger partial charge in [0.25, 0.3) is 0 Å². The highest BCUT2D eigenvalue weighted by atomic mass is 16.5.